The molecule has 2 aromatic carbocycles. The molecule has 0 spiro atoms. The minimum atomic E-state index is -1.19. The molecule has 1 aliphatic rings. The Morgan fingerprint density at radius 3 is 2.38 bits per heavy atom. The van der Waals surface area contributed by atoms with Crippen LogP contribution in [-0.2, 0) is 15.1 Å². The molecule has 4 amide bonds. The molecular weight excluding hydrogens is 354 g/mol. The van der Waals surface area contributed by atoms with Gasteiger partial charge in [0.15, 0.2) is 0 Å². The van der Waals surface area contributed by atoms with E-state index in [4.69, 9.17) is 11.6 Å². The van der Waals surface area contributed by atoms with Crippen molar-refractivity contribution in [3.63, 3.8) is 0 Å². The Labute approximate surface area is 156 Å². The Balaban J connectivity index is 1.79. The van der Waals surface area contributed by atoms with E-state index >= 15 is 0 Å². The summed E-state index contributed by atoms with van der Waals surface area (Å²) >= 11 is 5.91. The lowest BCUT2D eigenvalue weighted by molar-refractivity contribution is -0.134. The SMILES string of the molecule is CC[C@]1(c2ccc(Cl)cc2)NC(=O)N(CC(=O)Nc2ccccc2)C1=O. The molecule has 0 aromatic heterocycles. The maximum Gasteiger partial charge on any atom is 0.325 e. The largest absolute Gasteiger partial charge is 0.325 e. The highest BCUT2D eigenvalue weighted by Gasteiger charge is 2.51. The topological polar surface area (TPSA) is 78.5 Å². The van der Waals surface area contributed by atoms with Crippen molar-refractivity contribution in [2.45, 2.75) is 18.9 Å². The summed E-state index contributed by atoms with van der Waals surface area (Å²) < 4.78 is 0. The Hall–Kier alpha value is -2.86. The zero-order valence-electron chi connectivity index (χ0n) is 14.2. The van der Waals surface area contributed by atoms with Crippen LogP contribution < -0.4 is 10.6 Å². The van der Waals surface area contributed by atoms with Gasteiger partial charge >= 0.3 is 6.03 Å². The highest BCUT2D eigenvalue weighted by Crippen LogP contribution is 2.33. The number of hydrogen-bond acceptors (Lipinski definition) is 3. The number of amides is 4. The maximum absolute atomic E-state index is 13.0. The third-order valence-electron chi connectivity index (χ3n) is 4.40. The van der Waals surface area contributed by atoms with Gasteiger partial charge in [-0.25, -0.2) is 4.79 Å². The number of nitrogens with zero attached hydrogens (tertiary/aromatic N) is 1. The van der Waals surface area contributed by atoms with Crippen molar-refractivity contribution >= 4 is 35.1 Å². The summed E-state index contributed by atoms with van der Waals surface area (Å²) in [6, 6.07) is 15.0. The van der Waals surface area contributed by atoms with E-state index < -0.39 is 23.4 Å². The van der Waals surface area contributed by atoms with E-state index in [0.29, 0.717) is 22.7 Å². The molecule has 0 radical (unpaired) electrons. The molecule has 0 aliphatic carbocycles. The first-order chi connectivity index (χ1) is 12.5. The lowest BCUT2D eigenvalue weighted by atomic mass is 9.87. The number of rotatable bonds is 5. The number of benzene rings is 2. The lowest BCUT2D eigenvalue weighted by Gasteiger charge is -2.25. The summed E-state index contributed by atoms with van der Waals surface area (Å²) in [4.78, 5) is 38.5. The number of anilines is 1. The molecule has 6 nitrogen and oxygen atoms in total. The molecule has 0 saturated carbocycles. The fourth-order valence-corrected chi connectivity index (χ4v) is 3.14. The highest BCUT2D eigenvalue weighted by molar-refractivity contribution is 6.30. The average molecular weight is 372 g/mol. The molecule has 7 heteroatoms. The predicted octanol–water partition coefficient (Wildman–Crippen LogP) is 3.14. The molecule has 1 fully saturated rings. The fraction of sp³-hybridized carbons (Fsp3) is 0.211. The van der Waals surface area contributed by atoms with Crippen molar-refractivity contribution < 1.29 is 14.4 Å². The molecule has 2 aromatic rings. The number of nitrogens with one attached hydrogen (secondary N) is 2. The van der Waals surface area contributed by atoms with Gasteiger partial charge in [-0.1, -0.05) is 48.9 Å². The van der Waals surface area contributed by atoms with Crippen LogP contribution in [0.4, 0.5) is 10.5 Å². The van der Waals surface area contributed by atoms with Crippen LogP contribution in [-0.4, -0.2) is 29.3 Å². The molecule has 134 valence electrons. The molecule has 1 aliphatic heterocycles. The summed E-state index contributed by atoms with van der Waals surface area (Å²) in [7, 11) is 0. The molecule has 1 atom stereocenters. The van der Waals surface area contributed by atoms with Crippen LogP contribution in [0.3, 0.4) is 0 Å². The first-order valence-electron chi connectivity index (χ1n) is 8.21. The average Bonchev–Trinajstić information content (AvgIpc) is 2.88. The third-order valence-corrected chi connectivity index (χ3v) is 4.65. The smallest absolute Gasteiger partial charge is 0.325 e. The lowest BCUT2D eigenvalue weighted by Crippen LogP contribution is -2.44. The van der Waals surface area contributed by atoms with E-state index in [1.54, 1.807) is 55.5 Å². The molecule has 26 heavy (non-hydrogen) atoms. The summed E-state index contributed by atoms with van der Waals surface area (Å²) in [5.41, 5.74) is 0.0482. The summed E-state index contributed by atoms with van der Waals surface area (Å²) in [6.07, 6.45) is 0.357. The van der Waals surface area contributed by atoms with Gasteiger partial charge in [-0.3, -0.25) is 14.5 Å². The van der Waals surface area contributed by atoms with Crippen LogP contribution in [0.5, 0.6) is 0 Å². The Morgan fingerprint density at radius 1 is 1.12 bits per heavy atom. The third kappa shape index (κ3) is 3.28. The van der Waals surface area contributed by atoms with Gasteiger partial charge in [0, 0.05) is 10.7 Å². The Bertz CT molecular complexity index is 839. The van der Waals surface area contributed by atoms with Crippen molar-refractivity contribution in [3.05, 3.63) is 65.2 Å². The van der Waals surface area contributed by atoms with Crippen LogP contribution in [0.2, 0.25) is 5.02 Å². The first kappa shape index (κ1) is 17.9. The van der Waals surface area contributed by atoms with Gasteiger partial charge in [0.25, 0.3) is 5.91 Å². The molecule has 0 unspecified atom stereocenters. The van der Waals surface area contributed by atoms with Crippen LogP contribution in [0.25, 0.3) is 0 Å². The van der Waals surface area contributed by atoms with Crippen molar-refractivity contribution in [2.75, 3.05) is 11.9 Å². The van der Waals surface area contributed by atoms with E-state index in [1.807, 2.05) is 6.07 Å². The number of para-hydroxylation sites is 1. The van der Waals surface area contributed by atoms with E-state index in [2.05, 4.69) is 10.6 Å². The molecular formula is C19H18ClN3O3. The number of carbonyl (C=O) groups excluding carboxylic acids is 3. The molecule has 1 heterocycles. The number of urea groups is 1. The van der Waals surface area contributed by atoms with Crippen LogP contribution >= 0.6 is 11.6 Å². The Kier molecular flexibility index (Phi) is 4.95. The molecule has 1 saturated heterocycles. The quantitative estimate of drug-likeness (QED) is 0.792. The number of carbonyl (C=O) groups is 3. The van der Waals surface area contributed by atoms with E-state index in [0.717, 1.165) is 4.90 Å². The van der Waals surface area contributed by atoms with Gasteiger partial charge in [0.1, 0.15) is 12.1 Å². The number of halogens is 1. The fourth-order valence-electron chi connectivity index (χ4n) is 3.01. The van der Waals surface area contributed by atoms with E-state index in [9.17, 15) is 14.4 Å². The summed E-state index contributed by atoms with van der Waals surface area (Å²) in [6.45, 7) is 1.45. The zero-order valence-corrected chi connectivity index (χ0v) is 14.9. The van der Waals surface area contributed by atoms with Crippen LogP contribution in [0.1, 0.15) is 18.9 Å². The van der Waals surface area contributed by atoms with Gasteiger partial charge in [0.05, 0.1) is 0 Å². The first-order valence-corrected chi connectivity index (χ1v) is 8.59. The van der Waals surface area contributed by atoms with Gasteiger partial charge < -0.3 is 10.6 Å². The van der Waals surface area contributed by atoms with Crippen LogP contribution in [0, 0.1) is 0 Å². The molecule has 2 N–H and O–H groups in total. The second kappa shape index (κ2) is 7.17. The van der Waals surface area contributed by atoms with Crippen molar-refractivity contribution in [1.29, 1.82) is 0 Å². The minimum absolute atomic E-state index is 0.352. The monoisotopic (exact) mass is 371 g/mol. The predicted molar refractivity (Wildman–Crippen MR) is 98.7 cm³/mol. The summed E-state index contributed by atoms with van der Waals surface area (Å²) in [5, 5.41) is 5.95. The van der Waals surface area contributed by atoms with Crippen molar-refractivity contribution in [1.82, 2.24) is 10.2 Å². The zero-order chi connectivity index (χ0) is 18.7. The van der Waals surface area contributed by atoms with Crippen molar-refractivity contribution in [2.24, 2.45) is 0 Å². The van der Waals surface area contributed by atoms with Crippen molar-refractivity contribution in [3.8, 4) is 0 Å². The van der Waals surface area contributed by atoms with Gasteiger partial charge in [-0.2, -0.15) is 0 Å². The van der Waals surface area contributed by atoms with Gasteiger partial charge in [-0.15, -0.1) is 0 Å². The maximum atomic E-state index is 13.0. The minimum Gasteiger partial charge on any atom is -0.325 e. The van der Waals surface area contributed by atoms with Crippen LogP contribution in [0.15, 0.2) is 54.6 Å². The number of hydrogen-bond donors (Lipinski definition) is 2. The second-order valence-corrected chi connectivity index (χ2v) is 6.44. The summed E-state index contributed by atoms with van der Waals surface area (Å²) in [5.74, 6) is -0.891. The van der Waals surface area contributed by atoms with E-state index in [1.165, 1.54) is 0 Å². The highest BCUT2D eigenvalue weighted by atomic mass is 35.5. The van der Waals surface area contributed by atoms with Gasteiger partial charge in [-0.05, 0) is 36.2 Å². The Morgan fingerprint density at radius 2 is 1.77 bits per heavy atom. The molecule has 3 rings (SSSR count). The van der Waals surface area contributed by atoms with Gasteiger partial charge in [0.2, 0.25) is 5.91 Å². The molecule has 0 bridgehead atoms. The normalized spacial score (nSPS) is 19.4. The standard InChI is InChI=1S/C19H18ClN3O3/c1-2-19(13-8-10-14(20)11-9-13)17(25)23(18(26)22-19)12-16(24)21-15-6-4-3-5-7-15/h3-11H,2,12H2,1H3,(H,21,24)(H,22,26)/t19-/m1/s1. The van der Waals surface area contributed by atoms with E-state index in [-0.39, 0.29) is 6.54 Å². The number of imide groups is 1. The second-order valence-electron chi connectivity index (χ2n) is 6.00.